The molecule has 0 saturated heterocycles. The van der Waals surface area contributed by atoms with Crippen molar-refractivity contribution < 1.29 is 23.8 Å². The molecular formula is C26H36ClFO4. The molecule has 3 saturated carbocycles. The van der Waals surface area contributed by atoms with E-state index in [1.54, 1.807) is 0 Å². The summed E-state index contributed by atoms with van der Waals surface area (Å²) < 4.78 is 20.9. The maximum absolute atomic E-state index is 14.7. The second-order valence-electron chi connectivity index (χ2n) is 10.3. The number of Topliss-reactive ketones (excluding diaryl/α,β-unsaturated/α-hetero) is 1. The van der Waals surface area contributed by atoms with Crippen LogP contribution in [0.25, 0.3) is 0 Å². The van der Waals surface area contributed by atoms with Crippen molar-refractivity contribution in [2.45, 2.75) is 78.1 Å². The predicted octanol–water partition coefficient (Wildman–Crippen LogP) is 7.17. The lowest BCUT2D eigenvalue weighted by Gasteiger charge is -2.48. The Kier molecular flexibility index (Phi) is 8.60. The molecule has 0 aromatic heterocycles. The fourth-order valence-electron chi connectivity index (χ4n) is 6.51. The van der Waals surface area contributed by atoms with Gasteiger partial charge < -0.3 is 9.84 Å². The molecule has 2 atom stereocenters. The second kappa shape index (κ2) is 11.0. The van der Waals surface area contributed by atoms with E-state index in [2.05, 4.69) is 13.8 Å². The number of halogens is 2. The van der Waals surface area contributed by atoms with Gasteiger partial charge in [0.15, 0.2) is 5.78 Å². The van der Waals surface area contributed by atoms with Crippen LogP contribution in [0.5, 0.6) is 5.75 Å². The summed E-state index contributed by atoms with van der Waals surface area (Å²) in [5, 5.41) is 7.24. The first kappa shape index (κ1) is 25.0. The number of carbonyl (C=O) groups excluding carboxylic acids is 1. The molecule has 4 nitrogen and oxygen atoms in total. The van der Waals surface area contributed by atoms with Gasteiger partial charge in [0.25, 0.3) is 6.47 Å². The van der Waals surface area contributed by atoms with E-state index in [0.717, 1.165) is 49.9 Å². The Hall–Kier alpha value is -1.62. The van der Waals surface area contributed by atoms with Crippen molar-refractivity contribution in [3.8, 4) is 5.75 Å². The average Bonchev–Trinajstić information content (AvgIpc) is 3.28. The van der Waals surface area contributed by atoms with Crippen LogP contribution in [0.15, 0.2) is 12.1 Å². The SMILES string of the molecule is CCC1(COc2cc(F)c(C(=O)C3CCCC3)cc2Cl)CC2CC(C)CC(C2)C1.O=CO. The number of ketones is 1. The number of benzene rings is 1. The van der Waals surface area contributed by atoms with Gasteiger partial charge in [0.05, 0.1) is 17.2 Å². The molecule has 178 valence electrons. The van der Waals surface area contributed by atoms with E-state index >= 15 is 0 Å². The van der Waals surface area contributed by atoms with Gasteiger partial charge in [-0.2, -0.15) is 0 Å². The quantitative estimate of drug-likeness (QED) is 0.356. The number of carbonyl (C=O) groups is 2. The summed E-state index contributed by atoms with van der Waals surface area (Å²) in [7, 11) is 0. The third kappa shape index (κ3) is 5.84. The van der Waals surface area contributed by atoms with E-state index in [0.29, 0.717) is 17.4 Å². The fourth-order valence-corrected chi connectivity index (χ4v) is 6.73. The highest BCUT2D eigenvalue weighted by molar-refractivity contribution is 6.32. The summed E-state index contributed by atoms with van der Waals surface area (Å²) in [6.07, 6.45) is 11.3. The van der Waals surface area contributed by atoms with Gasteiger partial charge in [0, 0.05) is 17.4 Å². The Morgan fingerprint density at radius 3 is 2.38 bits per heavy atom. The van der Waals surface area contributed by atoms with Crippen LogP contribution in [0, 0.1) is 34.9 Å². The van der Waals surface area contributed by atoms with Crippen LogP contribution in [0.2, 0.25) is 5.02 Å². The molecule has 3 fully saturated rings. The summed E-state index contributed by atoms with van der Waals surface area (Å²) in [5.41, 5.74) is 0.284. The Bertz CT molecular complexity index is 787. The standard InChI is InChI=1S/C25H34ClFO2.CH2O2/c1-3-25(13-17-8-16(2)9-18(10-17)14-25)15-29-23-12-22(27)20(11-21(23)26)24(28)19-6-4-5-7-19;2-1-3/h11-12,16-19H,3-10,13-15H2,1-2H3;1H,(H,2,3). The first-order valence-electron chi connectivity index (χ1n) is 12.0. The molecular weight excluding hydrogens is 431 g/mol. The van der Waals surface area contributed by atoms with Crippen molar-refractivity contribution in [3.63, 3.8) is 0 Å². The Morgan fingerprint density at radius 1 is 1.22 bits per heavy atom. The lowest BCUT2D eigenvalue weighted by molar-refractivity contribution is -0.122. The first-order valence-corrected chi connectivity index (χ1v) is 12.4. The van der Waals surface area contributed by atoms with Crippen molar-refractivity contribution in [1.82, 2.24) is 0 Å². The van der Waals surface area contributed by atoms with E-state index in [1.807, 2.05) is 0 Å². The monoisotopic (exact) mass is 466 g/mol. The number of rotatable bonds is 6. The Balaban J connectivity index is 0.000000913. The number of hydrogen-bond donors (Lipinski definition) is 1. The van der Waals surface area contributed by atoms with Gasteiger partial charge in [-0.05, 0) is 75.2 Å². The molecule has 0 radical (unpaired) electrons. The molecule has 3 aliphatic carbocycles. The van der Waals surface area contributed by atoms with Crippen molar-refractivity contribution >= 4 is 23.9 Å². The molecule has 6 heteroatoms. The van der Waals surface area contributed by atoms with Crippen molar-refractivity contribution in [2.75, 3.05) is 6.61 Å². The van der Waals surface area contributed by atoms with Gasteiger partial charge in [0.1, 0.15) is 11.6 Å². The summed E-state index contributed by atoms with van der Waals surface area (Å²) in [5.74, 6) is 2.14. The van der Waals surface area contributed by atoms with Crippen molar-refractivity contribution in [2.24, 2.45) is 29.1 Å². The van der Waals surface area contributed by atoms with Crippen LogP contribution < -0.4 is 4.74 Å². The van der Waals surface area contributed by atoms with Gasteiger partial charge in [0.2, 0.25) is 0 Å². The molecule has 0 aliphatic heterocycles. The Morgan fingerprint density at radius 2 is 1.81 bits per heavy atom. The van der Waals surface area contributed by atoms with E-state index in [-0.39, 0.29) is 29.2 Å². The van der Waals surface area contributed by atoms with Crippen molar-refractivity contribution in [3.05, 3.63) is 28.5 Å². The summed E-state index contributed by atoms with van der Waals surface area (Å²) in [6.45, 7) is 4.96. The molecule has 32 heavy (non-hydrogen) atoms. The highest BCUT2D eigenvalue weighted by Crippen LogP contribution is 2.52. The Labute approximate surface area is 195 Å². The summed E-state index contributed by atoms with van der Waals surface area (Å²) in [6, 6.07) is 2.82. The van der Waals surface area contributed by atoms with E-state index in [9.17, 15) is 9.18 Å². The minimum atomic E-state index is -0.499. The minimum absolute atomic E-state index is 0.0558. The average molecular weight is 467 g/mol. The molecule has 4 rings (SSSR count). The van der Waals surface area contributed by atoms with E-state index in [4.69, 9.17) is 26.2 Å². The zero-order valence-corrected chi connectivity index (χ0v) is 20.0. The van der Waals surface area contributed by atoms with Crippen molar-refractivity contribution in [1.29, 1.82) is 0 Å². The van der Waals surface area contributed by atoms with Crippen LogP contribution in [0.1, 0.15) is 88.4 Å². The molecule has 1 N–H and O–H groups in total. The maximum atomic E-state index is 14.7. The molecule has 1 aromatic carbocycles. The summed E-state index contributed by atoms with van der Waals surface area (Å²) in [4.78, 5) is 21.0. The van der Waals surface area contributed by atoms with Gasteiger partial charge in [-0.1, -0.05) is 38.3 Å². The summed E-state index contributed by atoms with van der Waals surface area (Å²) >= 11 is 6.43. The first-order chi connectivity index (χ1) is 15.3. The molecule has 1 aromatic rings. The van der Waals surface area contributed by atoms with Crippen LogP contribution in [0.4, 0.5) is 4.39 Å². The minimum Gasteiger partial charge on any atom is -0.491 e. The van der Waals surface area contributed by atoms with Crippen LogP contribution in [0.3, 0.4) is 0 Å². The van der Waals surface area contributed by atoms with Gasteiger partial charge in [-0.15, -0.1) is 0 Å². The van der Waals surface area contributed by atoms with Gasteiger partial charge in [-0.25, -0.2) is 4.39 Å². The molecule has 2 bridgehead atoms. The van der Waals surface area contributed by atoms with Crippen LogP contribution in [-0.2, 0) is 4.79 Å². The molecule has 3 aliphatic rings. The number of fused-ring (bicyclic) bond motifs is 2. The van der Waals surface area contributed by atoms with Gasteiger partial charge in [-0.3, -0.25) is 9.59 Å². The zero-order chi connectivity index (χ0) is 23.3. The fraction of sp³-hybridized carbons (Fsp3) is 0.692. The van der Waals surface area contributed by atoms with Crippen LogP contribution >= 0.6 is 11.6 Å². The lowest BCUT2D eigenvalue weighted by atomic mass is 9.58. The van der Waals surface area contributed by atoms with E-state index < -0.39 is 5.82 Å². The highest BCUT2D eigenvalue weighted by Gasteiger charge is 2.43. The molecule has 0 spiro atoms. The molecule has 0 amide bonds. The second-order valence-corrected chi connectivity index (χ2v) is 10.7. The highest BCUT2D eigenvalue weighted by atomic mass is 35.5. The van der Waals surface area contributed by atoms with Gasteiger partial charge >= 0.3 is 0 Å². The number of ether oxygens (including phenoxy) is 1. The molecule has 0 heterocycles. The zero-order valence-electron chi connectivity index (χ0n) is 19.2. The topological polar surface area (TPSA) is 63.6 Å². The third-order valence-corrected chi connectivity index (χ3v) is 8.17. The number of carboxylic acid groups (broad SMARTS) is 1. The lowest BCUT2D eigenvalue weighted by Crippen LogP contribution is -2.41. The van der Waals surface area contributed by atoms with Crippen LogP contribution in [-0.4, -0.2) is 24.0 Å². The number of hydrogen-bond acceptors (Lipinski definition) is 3. The predicted molar refractivity (Wildman–Crippen MR) is 124 cm³/mol. The molecule has 2 unspecified atom stereocenters. The normalized spacial score (nSPS) is 29.7. The maximum Gasteiger partial charge on any atom is 0.290 e. The third-order valence-electron chi connectivity index (χ3n) is 7.88. The smallest absolute Gasteiger partial charge is 0.290 e. The largest absolute Gasteiger partial charge is 0.491 e. The van der Waals surface area contributed by atoms with E-state index in [1.165, 1.54) is 44.2 Å².